The van der Waals surface area contributed by atoms with Crippen molar-refractivity contribution in [1.29, 1.82) is 0 Å². The third-order valence-electron chi connectivity index (χ3n) is 1.31. The molecular weight excluding hydrogens is 174 g/mol. The number of carbonyl (C=O) groups excluding carboxylic acids is 1. The fourth-order valence-corrected chi connectivity index (χ4v) is 1.66. The summed E-state index contributed by atoms with van der Waals surface area (Å²) in [5.74, 6) is -0.348. The number of nitrogens with two attached hydrogens (primary N) is 2. The van der Waals surface area contributed by atoms with Crippen molar-refractivity contribution < 1.29 is 4.79 Å². The van der Waals surface area contributed by atoms with E-state index in [1.165, 1.54) is 11.3 Å². The van der Waals surface area contributed by atoms with Gasteiger partial charge in [0, 0.05) is 11.8 Å². The lowest BCUT2D eigenvalue weighted by Crippen LogP contribution is -2.13. The van der Waals surface area contributed by atoms with Crippen LogP contribution in [0.2, 0.25) is 0 Å². The summed E-state index contributed by atoms with van der Waals surface area (Å²) in [7, 11) is 0. The predicted octanol–water partition coefficient (Wildman–Crippen LogP) is -0.328. The van der Waals surface area contributed by atoms with E-state index in [1.807, 2.05) is 5.38 Å². The van der Waals surface area contributed by atoms with Gasteiger partial charge in [-0.3, -0.25) is 4.79 Å². The van der Waals surface area contributed by atoms with Gasteiger partial charge < -0.3 is 11.5 Å². The molecule has 0 saturated carbocycles. The van der Waals surface area contributed by atoms with Gasteiger partial charge in [-0.1, -0.05) is 0 Å². The normalized spacial score (nSPS) is 10.1. The maximum atomic E-state index is 10.5. The monoisotopic (exact) mass is 185 g/mol. The fraction of sp³-hybridized carbons (Fsp3) is 0.429. The van der Waals surface area contributed by atoms with Crippen molar-refractivity contribution in [3.8, 4) is 0 Å². The second-order valence-electron chi connectivity index (χ2n) is 2.41. The second kappa shape index (κ2) is 4.18. The van der Waals surface area contributed by atoms with E-state index < -0.39 is 0 Å². The highest BCUT2D eigenvalue weighted by Crippen LogP contribution is 2.09. The number of amides is 1. The number of hydrogen-bond donors (Lipinski definition) is 2. The van der Waals surface area contributed by atoms with Crippen molar-refractivity contribution in [1.82, 2.24) is 4.98 Å². The lowest BCUT2D eigenvalue weighted by atomic mass is 10.3. The van der Waals surface area contributed by atoms with Crippen molar-refractivity contribution in [2.24, 2.45) is 11.5 Å². The number of carbonyl (C=O) groups is 1. The van der Waals surface area contributed by atoms with Crippen LogP contribution in [0.5, 0.6) is 0 Å². The van der Waals surface area contributed by atoms with E-state index in [0.717, 1.165) is 17.1 Å². The summed E-state index contributed by atoms with van der Waals surface area (Å²) in [5, 5.41) is 2.81. The molecule has 5 heteroatoms. The summed E-state index contributed by atoms with van der Waals surface area (Å²) in [5.41, 5.74) is 11.1. The summed E-state index contributed by atoms with van der Waals surface area (Å²) in [4.78, 5) is 14.7. The van der Waals surface area contributed by atoms with Crippen LogP contribution in [0.15, 0.2) is 5.38 Å². The Bertz CT molecular complexity index is 271. The van der Waals surface area contributed by atoms with Crippen molar-refractivity contribution in [2.45, 2.75) is 12.8 Å². The van der Waals surface area contributed by atoms with Crippen molar-refractivity contribution >= 4 is 17.2 Å². The molecule has 4 nitrogen and oxygen atoms in total. The third kappa shape index (κ3) is 2.60. The number of nitrogens with zero attached hydrogens (tertiary/aromatic N) is 1. The highest BCUT2D eigenvalue weighted by Gasteiger charge is 2.03. The molecule has 1 aromatic heterocycles. The zero-order chi connectivity index (χ0) is 8.97. The Labute approximate surface area is 74.6 Å². The van der Waals surface area contributed by atoms with Crippen LogP contribution in [0.1, 0.15) is 10.7 Å². The molecule has 0 saturated heterocycles. The summed E-state index contributed by atoms with van der Waals surface area (Å²) in [6.45, 7) is 0.587. The van der Waals surface area contributed by atoms with Crippen LogP contribution in [-0.2, 0) is 17.6 Å². The molecule has 0 spiro atoms. The van der Waals surface area contributed by atoms with E-state index in [9.17, 15) is 4.79 Å². The van der Waals surface area contributed by atoms with Crippen LogP contribution in [-0.4, -0.2) is 17.4 Å². The molecule has 1 rings (SSSR count). The van der Waals surface area contributed by atoms with Gasteiger partial charge in [-0.05, 0) is 6.54 Å². The Morgan fingerprint density at radius 1 is 1.67 bits per heavy atom. The summed E-state index contributed by atoms with van der Waals surface area (Å²) < 4.78 is 0. The minimum Gasteiger partial charge on any atom is -0.369 e. The SMILES string of the molecule is NCCc1nc(CC(N)=O)cs1. The molecule has 1 heterocycles. The largest absolute Gasteiger partial charge is 0.369 e. The Kier molecular flexibility index (Phi) is 3.19. The van der Waals surface area contributed by atoms with Gasteiger partial charge in [-0.2, -0.15) is 0 Å². The molecule has 0 aliphatic carbocycles. The molecule has 0 aliphatic rings. The summed E-state index contributed by atoms with van der Waals surface area (Å²) in [6.07, 6.45) is 0.991. The Balaban J connectivity index is 2.58. The quantitative estimate of drug-likeness (QED) is 0.674. The molecule has 0 bridgehead atoms. The molecule has 0 atom stereocenters. The Morgan fingerprint density at radius 2 is 2.42 bits per heavy atom. The van der Waals surface area contributed by atoms with E-state index in [-0.39, 0.29) is 12.3 Å². The first-order chi connectivity index (χ1) is 5.72. The van der Waals surface area contributed by atoms with E-state index in [1.54, 1.807) is 0 Å². The first-order valence-corrected chi connectivity index (χ1v) is 4.52. The first kappa shape index (κ1) is 9.15. The zero-order valence-corrected chi connectivity index (χ0v) is 7.43. The van der Waals surface area contributed by atoms with Gasteiger partial charge in [0.05, 0.1) is 17.1 Å². The highest BCUT2D eigenvalue weighted by molar-refractivity contribution is 7.09. The van der Waals surface area contributed by atoms with Crippen molar-refractivity contribution in [3.05, 3.63) is 16.1 Å². The number of thiazole rings is 1. The minimum atomic E-state index is -0.348. The van der Waals surface area contributed by atoms with Crippen LogP contribution in [0, 0.1) is 0 Å². The van der Waals surface area contributed by atoms with E-state index in [4.69, 9.17) is 11.5 Å². The predicted molar refractivity (Wildman–Crippen MR) is 47.8 cm³/mol. The Hall–Kier alpha value is -0.940. The molecule has 0 radical (unpaired) electrons. The molecule has 4 N–H and O–H groups in total. The average Bonchev–Trinajstić information content (AvgIpc) is 2.36. The van der Waals surface area contributed by atoms with Crippen molar-refractivity contribution in [2.75, 3.05) is 6.54 Å². The van der Waals surface area contributed by atoms with Crippen molar-refractivity contribution in [3.63, 3.8) is 0 Å². The molecule has 0 unspecified atom stereocenters. The molecule has 66 valence electrons. The van der Waals surface area contributed by atoms with Gasteiger partial charge in [-0.25, -0.2) is 4.98 Å². The number of rotatable bonds is 4. The van der Waals surface area contributed by atoms with Gasteiger partial charge in [0.25, 0.3) is 0 Å². The molecule has 1 aromatic rings. The van der Waals surface area contributed by atoms with E-state index in [2.05, 4.69) is 4.98 Å². The van der Waals surface area contributed by atoms with Crippen LogP contribution in [0.3, 0.4) is 0 Å². The summed E-state index contributed by atoms with van der Waals surface area (Å²) in [6, 6.07) is 0. The van der Waals surface area contributed by atoms with Crippen LogP contribution in [0.25, 0.3) is 0 Å². The van der Waals surface area contributed by atoms with Crippen LogP contribution >= 0.6 is 11.3 Å². The van der Waals surface area contributed by atoms with Gasteiger partial charge in [0.1, 0.15) is 0 Å². The molecule has 0 fully saturated rings. The maximum Gasteiger partial charge on any atom is 0.223 e. The molecule has 0 aromatic carbocycles. The first-order valence-electron chi connectivity index (χ1n) is 3.64. The zero-order valence-electron chi connectivity index (χ0n) is 6.62. The van der Waals surface area contributed by atoms with Crippen LogP contribution in [0.4, 0.5) is 0 Å². The molecule has 12 heavy (non-hydrogen) atoms. The molecule has 1 amide bonds. The average molecular weight is 185 g/mol. The number of hydrogen-bond acceptors (Lipinski definition) is 4. The molecular formula is C7H11N3OS. The second-order valence-corrected chi connectivity index (χ2v) is 3.36. The van der Waals surface area contributed by atoms with Gasteiger partial charge >= 0.3 is 0 Å². The lowest BCUT2D eigenvalue weighted by Gasteiger charge is -1.89. The lowest BCUT2D eigenvalue weighted by molar-refractivity contribution is -0.117. The number of aromatic nitrogens is 1. The van der Waals surface area contributed by atoms with E-state index >= 15 is 0 Å². The summed E-state index contributed by atoms with van der Waals surface area (Å²) >= 11 is 1.52. The van der Waals surface area contributed by atoms with Gasteiger partial charge in [-0.15, -0.1) is 11.3 Å². The fourth-order valence-electron chi connectivity index (χ4n) is 0.847. The third-order valence-corrected chi connectivity index (χ3v) is 2.27. The smallest absolute Gasteiger partial charge is 0.223 e. The van der Waals surface area contributed by atoms with Gasteiger partial charge in [0.15, 0.2) is 0 Å². The van der Waals surface area contributed by atoms with Gasteiger partial charge in [0.2, 0.25) is 5.91 Å². The van der Waals surface area contributed by atoms with E-state index in [0.29, 0.717) is 6.54 Å². The topological polar surface area (TPSA) is 82.0 Å². The Morgan fingerprint density at radius 3 is 3.00 bits per heavy atom. The standard InChI is InChI=1S/C7H11N3OS/c8-2-1-7-10-5(4-12-7)3-6(9)11/h4H,1-3,8H2,(H2,9,11). The maximum absolute atomic E-state index is 10.5. The van der Waals surface area contributed by atoms with Crippen LogP contribution < -0.4 is 11.5 Å². The number of primary amides is 1. The molecule has 0 aliphatic heterocycles. The highest BCUT2D eigenvalue weighted by atomic mass is 32.1. The minimum absolute atomic E-state index is 0.223.